The first-order valence-electron chi connectivity index (χ1n) is 9.51. The smallest absolute Gasteiger partial charge is 0.274 e. The lowest BCUT2D eigenvalue weighted by Crippen LogP contribution is -2.40. The molecule has 2 aromatic rings. The summed E-state index contributed by atoms with van der Waals surface area (Å²) >= 11 is 0. The number of hydrogen-bond donors (Lipinski definition) is 0. The Bertz CT molecular complexity index is 783. The van der Waals surface area contributed by atoms with Crippen LogP contribution in [0.5, 0.6) is 0 Å². The van der Waals surface area contributed by atoms with E-state index in [9.17, 15) is 9.59 Å². The first-order chi connectivity index (χ1) is 13.5. The van der Waals surface area contributed by atoms with Crippen LogP contribution in [0, 0.1) is 5.92 Å². The van der Waals surface area contributed by atoms with E-state index in [1.54, 1.807) is 4.90 Å². The molecule has 148 valence electrons. The van der Waals surface area contributed by atoms with Gasteiger partial charge in [0.15, 0.2) is 0 Å². The molecule has 1 fully saturated rings. The van der Waals surface area contributed by atoms with Crippen LogP contribution in [0.3, 0.4) is 0 Å². The lowest BCUT2D eigenvalue weighted by Gasteiger charge is -2.26. The van der Waals surface area contributed by atoms with Crippen LogP contribution < -0.4 is 0 Å². The van der Waals surface area contributed by atoms with Crippen molar-refractivity contribution in [3.63, 3.8) is 0 Å². The molecule has 1 unspecified atom stereocenters. The number of amides is 2. The zero-order valence-corrected chi connectivity index (χ0v) is 16.3. The summed E-state index contributed by atoms with van der Waals surface area (Å²) in [4.78, 5) is 36.9. The van der Waals surface area contributed by atoms with E-state index < -0.39 is 0 Å². The monoisotopic (exact) mass is 382 g/mol. The number of nitrogens with zero attached hydrogens (tertiary/aromatic N) is 4. The van der Waals surface area contributed by atoms with Crippen molar-refractivity contribution in [3.05, 3.63) is 60.2 Å². The average Bonchev–Trinajstić information content (AvgIpc) is 2.86. The Morgan fingerprint density at radius 1 is 1.21 bits per heavy atom. The summed E-state index contributed by atoms with van der Waals surface area (Å²) < 4.78 is 6.10. The van der Waals surface area contributed by atoms with Gasteiger partial charge in [0.05, 0.1) is 18.9 Å². The van der Waals surface area contributed by atoms with Crippen molar-refractivity contribution in [2.45, 2.75) is 26.6 Å². The fourth-order valence-electron chi connectivity index (χ4n) is 3.22. The highest BCUT2D eigenvalue weighted by Gasteiger charge is 2.32. The van der Waals surface area contributed by atoms with E-state index in [1.165, 1.54) is 23.5 Å². The molecule has 0 saturated carbocycles. The average molecular weight is 382 g/mol. The zero-order valence-electron chi connectivity index (χ0n) is 16.3. The molecule has 0 spiro atoms. The molecule has 1 saturated heterocycles. The molecule has 0 aliphatic carbocycles. The topological polar surface area (TPSA) is 75.6 Å². The van der Waals surface area contributed by atoms with Crippen molar-refractivity contribution in [3.8, 4) is 0 Å². The van der Waals surface area contributed by atoms with E-state index in [0.717, 1.165) is 5.56 Å². The molecular weight excluding hydrogens is 356 g/mol. The first-order valence-corrected chi connectivity index (χ1v) is 9.51. The SMILES string of the molecule is CC(C)CN1CC(OCc2ccccc2)CN(C(=O)c2cnccn2)CC1=O. The molecule has 28 heavy (non-hydrogen) atoms. The molecule has 1 atom stereocenters. The number of aromatic nitrogens is 2. The fraction of sp³-hybridized carbons (Fsp3) is 0.429. The van der Waals surface area contributed by atoms with Gasteiger partial charge in [0.25, 0.3) is 5.91 Å². The van der Waals surface area contributed by atoms with Gasteiger partial charge in [-0.05, 0) is 11.5 Å². The van der Waals surface area contributed by atoms with Crippen LogP contribution in [0.1, 0.15) is 29.9 Å². The first kappa shape index (κ1) is 19.9. The second-order valence-electron chi connectivity index (χ2n) is 7.39. The van der Waals surface area contributed by atoms with Gasteiger partial charge in [-0.15, -0.1) is 0 Å². The van der Waals surface area contributed by atoms with Crippen LogP contribution in [0.4, 0.5) is 0 Å². The molecule has 0 bridgehead atoms. The van der Waals surface area contributed by atoms with E-state index in [2.05, 4.69) is 23.8 Å². The number of ether oxygens (including phenoxy) is 1. The minimum atomic E-state index is -0.304. The summed E-state index contributed by atoms with van der Waals surface area (Å²) in [6.45, 7) is 6.03. The minimum Gasteiger partial charge on any atom is -0.370 e. The van der Waals surface area contributed by atoms with Crippen LogP contribution >= 0.6 is 0 Å². The molecule has 7 nitrogen and oxygen atoms in total. The summed E-state index contributed by atoms with van der Waals surface area (Å²) in [5.41, 5.74) is 1.29. The quantitative estimate of drug-likeness (QED) is 0.764. The minimum absolute atomic E-state index is 0.0212. The zero-order chi connectivity index (χ0) is 19.9. The summed E-state index contributed by atoms with van der Waals surface area (Å²) in [7, 11) is 0. The van der Waals surface area contributed by atoms with E-state index in [0.29, 0.717) is 32.2 Å². The van der Waals surface area contributed by atoms with Gasteiger partial charge in [0.2, 0.25) is 5.91 Å². The van der Waals surface area contributed by atoms with Gasteiger partial charge in [0.1, 0.15) is 12.2 Å². The largest absolute Gasteiger partial charge is 0.370 e. The van der Waals surface area contributed by atoms with Crippen molar-refractivity contribution in [2.75, 3.05) is 26.2 Å². The second-order valence-corrected chi connectivity index (χ2v) is 7.39. The molecule has 0 N–H and O–H groups in total. The highest BCUT2D eigenvalue weighted by molar-refractivity contribution is 5.95. The van der Waals surface area contributed by atoms with Gasteiger partial charge in [0, 0.05) is 32.0 Å². The number of hydrogen-bond acceptors (Lipinski definition) is 5. The van der Waals surface area contributed by atoms with E-state index >= 15 is 0 Å². The molecule has 3 rings (SSSR count). The molecule has 2 heterocycles. The summed E-state index contributed by atoms with van der Waals surface area (Å²) in [6, 6.07) is 9.88. The molecular formula is C21H26N4O3. The van der Waals surface area contributed by atoms with Gasteiger partial charge in [-0.1, -0.05) is 44.2 Å². The van der Waals surface area contributed by atoms with Crippen LogP contribution in [0.15, 0.2) is 48.9 Å². The Labute approximate surface area is 165 Å². The Morgan fingerprint density at radius 2 is 2.00 bits per heavy atom. The predicted octanol–water partition coefficient (Wildman–Crippen LogP) is 2.00. The number of rotatable bonds is 6. The van der Waals surface area contributed by atoms with Crippen molar-refractivity contribution in [1.29, 1.82) is 0 Å². The third-order valence-corrected chi connectivity index (χ3v) is 4.51. The Balaban J connectivity index is 1.75. The van der Waals surface area contributed by atoms with Crippen molar-refractivity contribution in [1.82, 2.24) is 19.8 Å². The van der Waals surface area contributed by atoms with Crippen LogP contribution in [0.25, 0.3) is 0 Å². The molecule has 0 radical (unpaired) electrons. The van der Waals surface area contributed by atoms with Crippen LogP contribution in [-0.4, -0.2) is 63.9 Å². The predicted molar refractivity (Wildman–Crippen MR) is 104 cm³/mol. The lowest BCUT2D eigenvalue weighted by atomic mass is 10.2. The number of benzene rings is 1. The standard InChI is InChI=1S/C21H26N4O3/c1-16(2)11-24-12-18(28-15-17-6-4-3-5-7-17)13-25(14-20(24)26)21(27)19-10-22-8-9-23-19/h3-10,16,18H,11-15H2,1-2H3. The van der Waals surface area contributed by atoms with Crippen LogP contribution in [0.2, 0.25) is 0 Å². The molecule has 1 aliphatic heterocycles. The third kappa shape index (κ3) is 5.36. The summed E-state index contributed by atoms with van der Waals surface area (Å²) in [5, 5.41) is 0. The maximum atomic E-state index is 12.8. The number of carbonyl (C=O) groups is 2. The maximum Gasteiger partial charge on any atom is 0.274 e. The maximum absolute atomic E-state index is 12.8. The van der Waals surface area contributed by atoms with Crippen molar-refractivity contribution < 1.29 is 14.3 Å². The van der Waals surface area contributed by atoms with E-state index in [1.807, 2.05) is 30.3 Å². The second kappa shape index (κ2) is 9.41. The number of carbonyl (C=O) groups excluding carboxylic acids is 2. The molecule has 1 aromatic carbocycles. The molecule has 1 aliphatic rings. The van der Waals surface area contributed by atoms with Gasteiger partial charge >= 0.3 is 0 Å². The normalized spacial score (nSPS) is 17.7. The third-order valence-electron chi connectivity index (χ3n) is 4.51. The molecule has 7 heteroatoms. The van der Waals surface area contributed by atoms with Crippen molar-refractivity contribution >= 4 is 11.8 Å². The fourth-order valence-corrected chi connectivity index (χ4v) is 3.22. The Morgan fingerprint density at radius 3 is 2.68 bits per heavy atom. The lowest BCUT2D eigenvalue weighted by molar-refractivity contribution is -0.132. The Hall–Kier alpha value is -2.80. The summed E-state index contributed by atoms with van der Waals surface area (Å²) in [5.74, 6) is -0.0427. The van der Waals surface area contributed by atoms with Crippen LogP contribution in [-0.2, 0) is 16.1 Å². The van der Waals surface area contributed by atoms with Crippen molar-refractivity contribution in [2.24, 2.45) is 5.92 Å². The highest BCUT2D eigenvalue weighted by atomic mass is 16.5. The molecule has 1 aromatic heterocycles. The van der Waals surface area contributed by atoms with E-state index in [4.69, 9.17) is 4.74 Å². The highest BCUT2D eigenvalue weighted by Crippen LogP contribution is 2.14. The molecule has 2 amide bonds. The Kier molecular flexibility index (Phi) is 6.71. The van der Waals surface area contributed by atoms with Gasteiger partial charge in [-0.3, -0.25) is 14.6 Å². The van der Waals surface area contributed by atoms with Gasteiger partial charge in [-0.2, -0.15) is 0 Å². The van der Waals surface area contributed by atoms with Gasteiger partial charge in [-0.25, -0.2) is 4.98 Å². The van der Waals surface area contributed by atoms with E-state index in [-0.39, 0.29) is 30.2 Å². The summed E-state index contributed by atoms with van der Waals surface area (Å²) in [6.07, 6.45) is 4.14. The van der Waals surface area contributed by atoms with Gasteiger partial charge < -0.3 is 14.5 Å².